The van der Waals surface area contributed by atoms with Crippen LogP contribution in [0.5, 0.6) is 17.2 Å². The third-order valence-corrected chi connectivity index (χ3v) is 5.41. The quantitative estimate of drug-likeness (QED) is 0.308. The minimum absolute atomic E-state index is 0.0148. The maximum atomic E-state index is 13.3. The molecule has 0 saturated carbocycles. The minimum atomic E-state index is -0.999. The largest absolute Gasteiger partial charge is 0.506 e. The van der Waals surface area contributed by atoms with Gasteiger partial charge in [-0.2, -0.15) is 0 Å². The molecule has 0 spiro atoms. The molecule has 0 radical (unpaired) electrons. The van der Waals surface area contributed by atoms with Crippen molar-refractivity contribution in [1.82, 2.24) is 0 Å². The average molecular weight is 463 g/mol. The van der Waals surface area contributed by atoms with Gasteiger partial charge in [0.25, 0.3) is 11.7 Å². The van der Waals surface area contributed by atoms with E-state index in [1.807, 2.05) is 13.8 Å². The highest BCUT2D eigenvalue weighted by Gasteiger charge is 2.48. The van der Waals surface area contributed by atoms with Gasteiger partial charge in [0.2, 0.25) is 0 Å². The normalized spacial score (nSPS) is 17.3. The van der Waals surface area contributed by atoms with Gasteiger partial charge in [0.05, 0.1) is 32.2 Å². The smallest absolute Gasteiger partial charge is 0.300 e. The first-order chi connectivity index (χ1) is 16.4. The Hall–Kier alpha value is -4.20. The molecule has 8 nitrogen and oxygen atoms in total. The number of aliphatic hydroxyl groups is 1. The van der Waals surface area contributed by atoms with Gasteiger partial charge < -0.3 is 23.7 Å². The molecular formula is C26H25NO7. The van der Waals surface area contributed by atoms with E-state index in [9.17, 15) is 14.7 Å². The number of benzene rings is 2. The summed E-state index contributed by atoms with van der Waals surface area (Å²) in [5.41, 5.74) is 0.485. The van der Waals surface area contributed by atoms with Crippen molar-refractivity contribution in [3.8, 4) is 17.2 Å². The molecule has 2 heterocycles. The number of anilines is 1. The van der Waals surface area contributed by atoms with Crippen molar-refractivity contribution < 1.29 is 33.3 Å². The second-order valence-corrected chi connectivity index (χ2v) is 7.88. The van der Waals surface area contributed by atoms with E-state index in [1.54, 1.807) is 54.6 Å². The summed E-state index contributed by atoms with van der Waals surface area (Å²) in [4.78, 5) is 27.8. The Morgan fingerprint density at radius 2 is 1.62 bits per heavy atom. The van der Waals surface area contributed by atoms with Crippen molar-refractivity contribution in [2.75, 3.05) is 19.1 Å². The Bertz CT molecular complexity index is 1200. The standard InChI is InChI=1S/C26H25NO7/c1-15(2)34-17-12-10-16(11-13-17)27-23(20-9-6-14-33-20)22(25(29)26(27)30)24(28)21-18(31-3)7-5-8-19(21)32-4/h5-15,23,28H,1-4H3/b24-22+. The fraction of sp³-hybridized carbons (Fsp3) is 0.231. The van der Waals surface area contributed by atoms with E-state index < -0.39 is 23.5 Å². The minimum Gasteiger partial charge on any atom is -0.506 e. The van der Waals surface area contributed by atoms with Gasteiger partial charge in [-0.05, 0) is 62.4 Å². The number of methoxy groups -OCH3 is 2. The Morgan fingerprint density at radius 3 is 2.15 bits per heavy atom. The molecule has 34 heavy (non-hydrogen) atoms. The first-order valence-electron chi connectivity index (χ1n) is 10.7. The fourth-order valence-electron chi connectivity index (χ4n) is 3.99. The van der Waals surface area contributed by atoms with Crippen LogP contribution in [-0.4, -0.2) is 37.1 Å². The number of amides is 1. The lowest BCUT2D eigenvalue weighted by atomic mass is 9.98. The molecule has 4 rings (SSSR count). The van der Waals surface area contributed by atoms with E-state index in [-0.39, 0.29) is 28.7 Å². The molecule has 176 valence electrons. The molecule has 1 N–H and O–H groups in total. The number of hydrogen-bond acceptors (Lipinski definition) is 7. The molecule has 0 aliphatic carbocycles. The second kappa shape index (κ2) is 9.35. The molecule has 1 amide bonds. The summed E-state index contributed by atoms with van der Waals surface area (Å²) in [5.74, 6) is -0.548. The van der Waals surface area contributed by atoms with Crippen LogP contribution in [0.1, 0.15) is 31.2 Å². The van der Waals surface area contributed by atoms with Gasteiger partial charge >= 0.3 is 0 Å². The zero-order valence-electron chi connectivity index (χ0n) is 19.3. The maximum Gasteiger partial charge on any atom is 0.300 e. The van der Waals surface area contributed by atoms with Gasteiger partial charge in [0.1, 0.15) is 40.4 Å². The number of rotatable bonds is 7. The van der Waals surface area contributed by atoms with Crippen molar-refractivity contribution >= 4 is 23.1 Å². The number of ketones is 1. The summed E-state index contributed by atoms with van der Waals surface area (Å²) < 4.78 is 22.1. The van der Waals surface area contributed by atoms with Gasteiger partial charge in [-0.1, -0.05) is 6.07 Å². The van der Waals surface area contributed by atoms with Crippen molar-refractivity contribution in [3.63, 3.8) is 0 Å². The molecule has 1 fully saturated rings. The zero-order chi connectivity index (χ0) is 24.4. The van der Waals surface area contributed by atoms with Crippen LogP contribution in [0.25, 0.3) is 5.76 Å². The van der Waals surface area contributed by atoms with Gasteiger partial charge in [0.15, 0.2) is 0 Å². The number of hydrogen-bond donors (Lipinski definition) is 1. The Kier molecular flexibility index (Phi) is 6.32. The summed E-state index contributed by atoms with van der Waals surface area (Å²) in [5, 5.41) is 11.4. The lowest BCUT2D eigenvalue weighted by Crippen LogP contribution is -2.29. The highest BCUT2D eigenvalue weighted by Crippen LogP contribution is 2.45. The molecule has 2 aromatic carbocycles. The highest BCUT2D eigenvalue weighted by atomic mass is 16.5. The Morgan fingerprint density at radius 1 is 0.971 bits per heavy atom. The molecule has 1 aliphatic heterocycles. The number of carbonyl (C=O) groups is 2. The molecule has 3 aromatic rings. The number of nitrogens with zero attached hydrogens (tertiary/aromatic N) is 1. The molecule has 1 atom stereocenters. The van der Waals surface area contributed by atoms with E-state index in [1.165, 1.54) is 25.4 Å². The maximum absolute atomic E-state index is 13.3. The van der Waals surface area contributed by atoms with E-state index in [2.05, 4.69) is 0 Å². The van der Waals surface area contributed by atoms with E-state index >= 15 is 0 Å². The fourth-order valence-corrected chi connectivity index (χ4v) is 3.99. The lowest BCUT2D eigenvalue weighted by molar-refractivity contribution is -0.132. The lowest BCUT2D eigenvalue weighted by Gasteiger charge is -2.24. The molecular weight excluding hydrogens is 438 g/mol. The van der Waals surface area contributed by atoms with Crippen LogP contribution in [0, 0.1) is 0 Å². The molecule has 1 aromatic heterocycles. The van der Waals surface area contributed by atoms with Crippen LogP contribution < -0.4 is 19.1 Å². The van der Waals surface area contributed by atoms with Crippen LogP contribution in [0.3, 0.4) is 0 Å². The summed E-state index contributed by atoms with van der Waals surface area (Å²) >= 11 is 0. The van der Waals surface area contributed by atoms with Gasteiger partial charge in [-0.25, -0.2) is 0 Å². The molecule has 1 saturated heterocycles. The first kappa shape index (κ1) is 23.0. The van der Waals surface area contributed by atoms with Crippen LogP contribution >= 0.6 is 0 Å². The summed E-state index contributed by atoms with van der Waals surface area (Å²) in [6.45, 7) is 3.82. The number of aliphatic hydroxyl groups excluding tert-OH is 1. The number of ether oxygens (including phenoxy) is 3. The SMILES string of the molecule is COc1cccc(OC)c1/C(O)=C1\C(=O)C(=O)N(c2ccc(OC(C)C)cc2)C1c1ccco1. The van der Waals surface area contributed by atoms with E-state index in [0.717, 1.165) is 0 Å². The highest BCUT2D eigenvalue weighted by molar-refractivity contribution is 6.51. The van der Waals surface area contributed by atoms with Crippen molar-refractivity contribution in [2.24, 2.45) is 0 Å². The van der Waals surface area contributed by atoms with Crippen LogP contribution in [0.2, 0.25) is 0 Å². The third kappa shape index (κ3) is 3.98. The van der Waals surface area contributed by atoms with E-state index in [4.69, 9.17) is 18.6 Å². The van der Waals surface area contributed by atoms with Crippen molar-refractivity contribution in [1.29, 1.82) is 0 Å². The van der Waals surface area contributed by atoms with Crippen molar-refractivity contribution in [3.05, 3.63) is 77.8 Å². The molecule has 0 bridgehead atoms. The average Bonchev–Trinajstić information content (AvgIpc) is 3.45. The summed E-state index contributed by atoms with van der Waals surface area (Å²) in [6.07, 6.45) is 1.43. The monoisotopic (exact) mass is 463 g/mol. The first-order valence-corrected chi connectivity index (χ1v) is 10.7. The third-order valence-electron chi connectivity index (χ3n) is 5.41. The van der Waals surface area contributed by atoms with Gasteiger partial charge in [-0.15, -0.1) is 0 Å². The second-order valence-electron chi connectivity index (χ2n) is 7.88. The number of Topliss-reactive ketones (excluding diaryl/α,β-unsaturated/α-hetero) is 1. The number of carbonyl (C=O) groups excluding carboxylic acids is 2. The molecule has 1 aliphatic rings. The predicted molar refractivity (Wildman–Crippen MR) is 125 cm³/mol. The van der Waals surface area contributed by atoms with Gasteiger partial charge in [0, 0.05) is 5.69 Å². The van der Waals surface area contributed by atoms with Crippen molar-refractivity contribution in [2.45, 2.75) is 26.0 Å². The predicted octanol–water partition coefficient (Wildman–Crippen LogP) is 4.71. The van der Waals surface area contributed by atoms with Gasteiger partial charge in [-0.3, -0.25) is 14.5 Å². The zero-order valence-corrected chi connectivity index (χ0v) is 19.3. The molecule has 8 heteroatoms. The number of furan rings is 1. The Labute approximate surface area is 197 Å². The van der Waals surface area contributed by atoms with Crippen LogP contribution in [0.15, 0.2) is 70.9 Å². The van der Waals surface area contributed by atoms with Crippen LogP contribution in [0.4, 0.5) is 5.69 Å². The summed E-state index contributed by atoms with van der Waals surface area (Å²) in [7, 11) is 2.88. The summed E-state index contributed by atoms with van der Waals surface area (Å²) in [6, 6.07) is 14.1. The van der Waals surface area contributed by atoms with Crippen LogP contribution in [-0.2, 0) is 9.59 Å². The molecule has 1 unspecified atom stereocenters. The topological polar surface area (TPSA) is 98.4 Å². The van der Waals surface area contributed by atoms with E-state index in [0.29, 0.717) is 17.2 Å². The Balaban J connectivity index is 1.90.